The maximum Gasteiger partial charge on any atom is 0.0624 e. The summed E-state index contributed by atoms with van der Waals surface area (Å²) in [5.74, 6) is 0.967. The highest BCUT2D eigenvalue weighted by atomic mass is 16.5. The van der Waals surface area contributed by atoms with Crippen molar-refractivity contribution in [3.05, 3.63) is 0 Å². The highest BCUT2D eigenvalue weighted by molar-refractivity contribution is 4.96. The van der Waals surface area contributed by atoms with E-state index in [0.29, 0.717) is 0 Å². The first-order valence-electron chi connectivity index (χ1n) is 7.76. The molecule has 0 aromatic carbocycles. The number of piperidine rings is 1. The lowest BCUT2D eigenvalue weighted by molar-refractivity contribution is 0.0216. The summed E-state index contributed by atoms with van der Waals surface area (Å²) in [5, 5.41) is 0. The van der Waals surface area contributed by atoms with Gasteiger partial charge >= 0.3 is 0 Å². The van der Waals surface area contributed by atoms with Gasteiger partial charge in [0.1, 0.15) is 0 Å². The highest BCUT2D eigenvalue weighted by Gasteiger charge is 2.42. The van der Waals surface area contributed by atoms with Crippen LogP contribution in [0.3, 0.4) is 0 Å². The van der Waals surface area contributed by atoms with Crippen LogP contribution < -0.4 is 5.73 Å². The zero-order chi connectivity index (χ0) is 12.6. The Morgan fingerprint density at radius 1 is 1.22 bits per heavy atom. The lowest BCUT2D eigenvalue weighted by Crippen LogP contribution is -2.54. The quantitative estimate of drug-likeness (QED) is 0.817. The van der Waals surface area contributed by atoms with Crippen LogP contribution in [0.2, 0.25) is 0 Å². The summed E-state index contributed by atoms with van der Waals surface area (Å²) in [6, 6.07) is 1.07. The van der Waals surface area contributed by atoms with E-state index in [9.17, 15) is 0 Å². The number of fused-ring (bicyclic) bond motifs is 1. The number of likely N-dealkylation sites (tertiary alicyclic amines) is 1. The smallest absolute Gasteiger partial charge is 0.0624 e. The summed E-state index contributed by atoms with van der Waals surface area (Å²) in [5.41, 5.74) is 6.43. The molecule has 1 aliphatic carbocycles. The van der Waals surface area contributed by atoms with Crippen LogP contribution in [0.5, 0.6) is 0 Å². The topological polar surface area (TPSA) is 38.5 Å². The molecule has 2 unspecified atom stereocenters. The zero-order valence-electron chi connectivity index (χ0n) is 11.7. The molecule has 2 N–H and O–H groups in total. The molecule has 0 aromatic heterocycles. The van der Waals surface area contributed by atoms with Crippen LogP contribution in [-0.2, 0) is 4.74 Å². The molecule has 2 saturated heterocycles. The van der Waals surface area contributed by atoms with Gasteiger partial charge in [-0.2, -0.15) is 0 Å². The van der Waals surface area contributed by atoms with Gasteiger partial charge in [-0.3, -0.25) is 4.90 Å². The molecule has 18 heavy (non-hydrogen) atoms. The van der Waals surface area contributed by atoms with Crippen molar-refractivity contribution in [3.63, 3.8) is 0 Å². The first kappa shape index (κ1) is 12.9. The molecule has 0 aromatic rings. The summed E-state index contributed by atoms with van der Waals surface area (Å²) in [7, 11) is 0. The van der Waals surface area contributed by atoms with E-state index < -0.39 is 0 Å². The molecule has 2 heterocycles. The van der Waals surface area contributed by atoms with E-state index >= 15 is 0 Å². The molecule has 2 aliphatic heterocycles. The van der Waals surface area contributed by atoms with Gasteiger partial charge in [-0.25, -0.2) is 0 Å². The SMILES string of the molecule is CC1(CN2CCC[C@H]3CCCC[C@H]32)COCC1N. The summed E-state index contributed by atoms with van der Waals surface area (Å²) in [6.07, 6.45) is 8.59. The fourth-order valence-electron chi connectivity index (χ4n) is 4.28. The largest absolute Gasteiger partial charge is 0.379 e. The zero-order valence-corrected chi connectivity index (χ0v) is 11.7. The third-order valence-corrected chi connectivity index (χ3v) is 5.55. The van der Waals surface area contributed by atoms with E-state index in [-0.39, 0.29) is 11.5 Å². The summed E-state index contributed by atoms with van der Waals surface area (Å²) in [4.78, 5) is 2.75. The molecule has 3 nitrogen and oxygen atoms in total. The Morgan fingerprint density at radius 3 is 2.78 bits per heavy atom. The Balaban J connectivity index is 1.67. The number of nitrogens with two attached hydrogens (primary N) is 1. The molecule has 3 rings (SSSR count). The number of nitrogens with zero attached hydrogens (tertiary/aromatic N) is 1. The number of rotatable bonds is 2. The molecule has 104 valence electrons. The Kier molecular flexibility index (Phi) is 3.65. The van der Waals surface area contributed by atoms with Gasteiger partial charge < -0.3 is 10.5 Å². The van der Waals surface area contributed by atoms with E-state index in [1.54, 1.807) is 0 Å². The second-order valence-electron chi connectivity index (χ2n) is 7.00. The van der Waals surface area contributed by atoms with Crippen molar-refractivity contribution in [2.75, 3.05) is 26.3 Å². The molecule has 0 amide bonds. The van der Waals surface area contributed by atoms with Gasteiger partial charge in [0.15, 0.2) is 0 Å². The van der Waals surface area contributed by atoms with Crippen molar-refractivity contribution in [1.82, 2.24) is 4.90 Å². The standard InChI is InChI=1S/C15H28N2O/c1-15(11-18-9-14(15)16)10-17-8-4-6-12-5-2-3-7-13(12)17/h12-14H,2-11,16H2,1H3/t12-,13-,14?,15?/m1/s1. The maximum absolute atomic E-state index is 6.25. The number of ether oxygens (including phenoxy) is 1. The Hall–Kier alpha value is -0.120. The van der Waals surface area contributed by atoms with Gasteiger partial charge in [0.2, 0.25) is 0 Å². The van der Waals surface area contributed by atoms with Crippen LogP contribution in [-0.4, -0.2) is 43.3 Å². The third-order valence-electron chi connectivity index (χ3n) is 5.55. The van der Waals surface area contributed by atoms with Crippen molar-refractivity contribution in [2.45, 2.75) is 57.5 Å². The van der Waals surface area contributed by atoms with Crippen molar-refractivity contribution >= 4 is 0 Å². The fraction of sp³-hybridized carbons (Fsp3) is 1.00. The van der Waals surface area contributed by atoms with Gasteiger partial charge in [0.25, 0.3) is 0 Å². The monoisotopic (exact) mass is 252 g/mol. The average Bonchev–Trinajstić information content (AvgIpc) is 2.70. The molecular formula is C15H28N2O. The molecule has 3 fully saturated rings. The van der Waals surface area contributed by atoms with Crippen LogP contribution in [0.1, 0.15) is 45.4 Å². The summed E-state index contributed by atoms with van der Waals surface area (Å²) < 4.78 is 5.60. The van der Waals surface area contributed by atoms with Gasteiger partial charge in [-0.1, -0.05) is 19.8 Å². The predicted octanol–water partition coefficient (Wildman–Crippen LogP) is 2.00. The van der Waals surface area contributed by atoms with Crippen LogP contribution in [0, 0.1) is 11.3 Å². The molecule has 4 atom stereocenters. The molecule has 3 aliphatic rings. The minimum atomic E-state index is 0.180. The molecule has 3 heteroatoms. The lowest BCUT2D eigenvalue weighted by Gasteiger charge is -2.47. The normalized spacial score (nSPS) is 46.0. The predicted molar refractivity (Wildman–Crippen MR) is 73.5 cm³/mol. The second-order valence-corrected chi connectivity index (χ2v) is 7.00. The molecule has 1 saturated carbocycles. The van der Waals surface area contributed by atoms with Crippen LogP contribution in [0.25, 0.3) is 0 Å². The summed E-state index contributed by atoms with van der Waals surface area (Å²) >= 11 is 0. The maximum atomic E-state index is 6.25. The van der Waals surface area contributed by atoms with Crippen molar-refractivity contribution in [3.8, 4) is 0 Å². The Bertz CT molecular complexity index is 294. The minimum Gasteiger partial charge on any atom is -0.379 e. The van der Waals surface area contributed by atoms with E-state index in [4.69, 9.17) is 10.5 Å². The lowest BCUT2D eigenvalue weighted by atomic mass is 9.76. The van der Waals surface area contributed by atoms with Crippen molar-refractivity contribution in [1.29, 1.82) is 0 Å². The van der Waals surface area contributed by atoms with Crippen LogP contribution in [0.15, 0.2) is 0 Å². The van der Waals surface area contributed by atoms with E-state index in [2.05, 4.69) is 11.8 Å². The molecule has 0 radical (unpaired) electrons. The fourth-order valence-corrected chi connectivity index (χ4v) is 4.28. The second kappa shape index (κ2) is 5.10. The van der Waals surface area contributed by atoms with Gasteiger partial charge in [-0.05, 0) is 38.1 Å². The van der Waals surface area contributed by atoms with Crippen LogP contribution in [0.4, 0.5) is 0 Å². The number of hydrogen-bond acceptors (Lipinski definition) is 3. The van der Waals surface area contributed by atoms with Gasteiger partial charge in [0.05, 0.1) is 13.2 Å². The number of hydrogen-bond donors (Lipinski definition) is 1. The minimum absolute atomic E-state index is 0.180. The summed E-state index contributed by atoms with van der Waals surface area (Å²) in [6.45, 7) is 6.34. The van der Waals surface area contributed by atoms with E-state index in [0.717, 1.165) is 31.7 Å². The van der Waals surface area contributed by atoms with E-state index in [1.807, 2.05) is 0 Å². The first-order valence-corrected chi connectivity index (χ1v) is 7.76. The van der Waals surface area contributed by atoms with Gasteiger partial charge in [0, 0.05) is 24.0 Å². The Labute approximate surface area is 111 Å². The van der Waals surface area contributed by atoms with Gasteiger partial charge in [-0.15, -0.1) is 0 Å². The highest BCUT2D eigenvalue weighted by Crippen LogP contribution is 2.38. The Morgan fingerprint density at radius 2 is 2.00 bits per heavy atom. The van der Waals surface area contributed by atoms with E-state index in [1.165, 1.54) is 45.1 Å². The average molecular weight is 252 g/mol. The molecular weight excluding hydrogens is 224 g/mol. The van der Waals surface area contributed by atoms with Crippen molar-refractivity contribution < 1.29 is 4.74 Å². The molecule has 0 bridgehead atoms. The molecule has 0 spiro atoms. The third kappa shape index (κ3) is 2.33. The van der Waals surface area contributed by atoms with Crippen LogP contribution >= 0.6 is 0 Å². The first-order chi connectivity index (χ1) is 8.69. The van der Waals surface area contributed by atoms with Crippen molar-refractivity contribution in [2.24, 2.45) is 17.1 Å².